The Morgan fingerprint density at radius 2 is 1.74 bits per heavy atom. The summed E-state index contributed by atoms with van der Waals surface area (Å²) >= 11 is 0. The van der Waals surface area contributed by atoms with E-state index in [0.717, 1.165) is 24.3 Å². The first-order chi connectivity index (χ1) is 9.21. The molecule has 1 N–H and O–H groups in total. The van der Waals surface area contributed by atoms with E-state index in [-0.39, 0.29) is 6.10 Å². The molecule has 0 amide bonds. The molecule has 1 rings (SSSR count). The van der Waals surface area contributed by atoms with Crippen LogP contribution in [0, 0.1) is 5.92 Å². The molecule has 0 bridgehead atoms. The molecule has 0 spiro atoms. The van der Waals surface area contributed by atoms with Crippen LogP contribution in [0.1, 0.15) is 64.5 Å². The summed E-state index contributed by atoms with van der Waals surface area (Å²) in [6.45, 7) is 7.23. The van der Waals surface area contributed by atoms with E-state index >= 15 is 0 Å². The van der Waals surface area contributed by atoms with Gasteiger partial charge in [0.05, 0.1) is 12.7 Å². The van der Waals surface area contributed by atoms with Crippen LogP contribution in [0.2, 0.25) is 0 Å². The van der Waals surface area contributed by atoms with Crippen molar-refractivity contribution in [1.29, 1.82) is 0 Å². The van der Waals surface area contributed by atoms with Gasteiger partial charge in [-0.25, -0.2) is 0 Å². The van der Waals surface area contributed by atoms with Crippen LogP contribution >= 0.6 is 0 Å². The Morgan fingerprint density at radius 3 is 2.26 bits per heavy atom. The van der Waals surface area contributed by atoms with Crippen molar-refractivity contribution < 1.29 is 9.84 Å². The molecule has 2 atom stereocenters. The Labute approximate surface area is 117 Å². The first-order valence-corrected chi connectivity index (χ1v) is 7.62. The molecule has 0 fully saturated rings. The molecule has 19 heavy (non-hydrogen) atoms. The summed E-state index contributed by atoms with van der Waals surface area (Å²) in [5.41, 5.74) is 0.966. The van der Waals surface area contributed by atoms with Gasteiger partial charge in [-0.2, -0.15) is 0 Å². The van der Waals surface area contributed by atoms with Crippen LogP contribution in [0.4, 0.5) is 0 Å². The highest BCUT2D eigenvalue weighted by molar-refractivity contribution is 5.28. The lowest BCUT2D eigenvalue weighted by atomic mass is 10.0. The number of aliphatic hydroxyl groups is 1. The average Bonchev–Trinajstić information content (AvgIpc) is 2.47. The monoisotopic (exact) mass is 264 g/mol. The number of ether oxygens (including phenoxy) is 1. The summed E-state index contributed by atoms with van der Waals surface area (Å²) in [6.07, 6.45) is 5.34. The molecule has 0 saturated heterocycles. The lowest BCUT2D eigenvalue weighted by Crippen LogP contribution is -2.11. The maximum atomic E-state index is 9.73. The van der Waals surface area contributed by atoms with Gasteiger partial charge >= 0.3 is 0 Å². The van der Waals surface area contributed by atoms with Gasteiger partial charge in [-0.1, -0.05) is 52.2 Å². The number of aliphatic hydroxyl groups excluding tert-OH is 1. The quantitative estimate of drug-likeness (QED) is 0.699. The first kappa shape index (κ1) is 16.0. The minimum atomic E-state index is -0.359. The Kier molecular flexibility index (Phi) is 7.57. The second-order valence-corrected chi connectivity index (χ2v) is 5.22. The first-order valence-electron chi connectivity index (χ1n) is 7.62. The topological polar surface area (TPSA) is 29.5 Å². The average molecular weight is 264 g/mol. The van der Waals surface area contributed by atoms with E-state index in [4.69, 9.17) is 4.74 Å². The molecule has 0 saturated carbocycles. The molecular weight excluding hydrogens is 236 g/mol. The fourth-order valence-electron chi connectivity index (χ4n) is 2.13. The Balaban J connectivity index is 2.44. The number of unbranched alkanes of at least 4 members (excludes halogenated alkanes) is 1. The van der Waals surface area contributed by atoms with Crippen LogP contribution < -0.4 is 4.74 Å². The van der Waals surface area contributed by atoms with Gasteiger partial charge in [0.2, 0.25) is 0 Å². The van der Waals surface area contributed by atoms with Crippen LogP contribution in [-0.2, 0) is 0 Å². The standard InChI is InChI=1S/C17H28O2/c1-4-7-8-14(5-2)13-19-16-11-9-15(10-12-16)17(18)6-3/h9-12,14,17-18H,4-8,13H2,1-3H3. The van der Waals surface area contributed by atoms with Crippen molar-refractivity contribution in [1.82, 2.24) is 0 Å². The summed E-state index contributed by atoms with van der Waals surface area (Å²) in [6, 6.07) is 7.83. The van der Waals surface area contributed by atoms with Crippen LogP contribution in [0.25, 0.3) is 0 Å². The second kappa shape index (κ2) is 8.98. The van der Waals surface area contributed by atoms with Crippen molar-refractivity contribution in [3.05, 3.63) is 29.8 Å². The van der Waals surface area contributed by atoms with Gasteiger partial charge in [0.25, 0.3) is 0 Å². The van der Waals surface area contributed by atoms with E-state index in [1.807, 2.05) is 31.2 Å². The van der Waals surface area contributed by atoms with Crippen molar-refractivity contribution >= 4 is 0 Å². The van der Waals surface area contributed by atoms with E-state index in [1.165, 1.54) is 25.7 Å². The van der Waals surface area contributed by atoms with E-state index in [1.54, 1.807) is 0 Å². The lowest BCUT2D eigenvalue weighted by Gasteiger charge is -2.16. The molecule has 2 unspecified atom stereocenters. The largest absolute Gasteiger partial charge is 0.493 e. The summed E-state index contributed by atoms with van der Waals surface area (Å²) in [4.78, 5) is 0. The second-order valence-electron chi connectivity index (χ2n) is 5.22. The van der Waals surface area contributed by atoms with Crippen molar-refractivity contribution in [3.63, 3.8) is 0 Å². The van der Waals surface area contributed by atoms with Crippen molar-refractivity contribution in [2.45, 2.75) is 59.0 Å². The normalized spacial score (nSPS) is 14.1. The van der Waals surface area contributed by atoms with Crippen LogP contribution in [0.15, 0.2) is 24.3 Å². The predicted octanol–water partition coefficient (Wildman–Crippen LogP) is 4.73. The molecule has 0 radical (unpaired) electrons. The molecule has 1 aromatic rings. The fourth-order valence-corrected chi connectivity index (χ4v) is 2.13. The van der Waals surface area contributed by atoms with Gasteiger partial charge in [-0.15, -0.1) is 0 Å². The molecule has 108 valence electrons. The summed E-state index contributed by atoms with van der Waals surface area (Å²) in [7, 11) is 0. The maximum absolute atomic E-state index is 9.73. The molecule has 0 aromatic heterocycles. The van der Waals surface area contributed by atoms with Gasteiger partial charge in [0.15, 0.2) is 0 Å². The third kappa shape index (κ3) is 5.65. The molecule has 0 aliphatic rings. The lowest BCUT2D eigenvalue weighted by molar-refractivity contribution is 0.173. The van der Waals surface area contributed by atoms with Gasteiger partial charge in [0.1, 0.15) is 5.75 Å². The highest BCUT2D eigenvalue weighted by Crippen LogP contribution is 2.21. The minimum absolute atomic E-state index is 0.359. The summed E-state index contributed by atoms with van der Waals surface area (Å²) in [5.74, 6) is 1.56. The third-order valence-electron chi connectivity index (χ3n) is 3.68. The summed E-state index contributed by atoms with van der Waals surface area (Å²) < 4.78 is 5.84. The zero-order chi connectivity index (χ0) is 14.1. The summed E-state index contributed by atoms with van der Waals surface area (Å²) in [5, 5.41) is 9.73. The van der Waals surface area contributed by atoms with E-state index in [2.05, 4.69) is 13.8 Å². The molecule has 0 heterocycles. The maximum Gasteiger partial charge on any atom is 0.119 e. The smallest absolute Gasteiger partial charge is 0.119 e. The van der Waals surface area contributed by atoms with Gasteiger partial charge < -0.3 is 9.84 Å². The molecular formula is C17H28O2. The zero-order valence-electron chi connectivity index (χ0n) is 12.6. The van der Waals surface area contributed by atoms with Crippen LogP contribution in [0.3, 0.4) is 0 Å². The molecule has 0 aliphatic carbocycles. The van der Waals surface area contributed by atoms with Gasteiger partial charge in [-0.3, -0.25) is 0 Å². The molecule has 2 heteroatoms. The zero-order valence-corrected chi connectivity index (χ0v) is 12.6. The van der Waals surface area contributed by atoms with Crippen molar-refractivity contribution in [3.8, 4) is 5.75 Å². The SMILES string of the molecule is CCCCC(CC)COc1ccc(C(O)CC)cc1. The Hall–Kier alpha value is -1.02. The predicted molar refractivity (Wildman–Crippen MR) is 80.5 cm³/mol. The van der Waals surface area contributed by atoms with Gasteiger partial charge in [0, 0.05) is 0 Å². The van der Waals surface area contributed by atoms with Crippen LogP contribution in [-0.4, -0.2) is 11.7 Å². The molecule has 2 nitrogen and oxygen atoms in total. The van der Waals surface area contributed by atoms with Crippen molar-refractivity contribution in [2.24, 2.45) is 5.92 Å². The van der Waals surface area contributed by atoms with Gasteiger partial charge in [-0.05, 0) is 36.5 Å². The molecule has 1 aromatic carbocycles. The fraction of sp³-hybridized carbons (Fsp3) is 0.647. The number of hydrogen-bond donors (Lipinski definition) is 1. The Bertz CT molecular complexity index is 332. The van der Waals surface area contributed by atoms with E-state index in [9.17, 15) is 5.11 Å². The number of hydrogen-bond acceptors (Lipinski definition) is 2. The highest BCUT2D eigenvalue weighted by atomic mass is 16.5. The van der Waals surface area contributed by atoms with E-state index in [0.29, 0.717) is 5.92 Å². The van der Waals surface area contributed by atoms with Crippen molar-refractivity contribution in [2.75, 3.05) is 6.61 Å². The van der Waals surface area contributed by atoms with Crippen LogP contribution in [0.5, 0.6) is 5.75 Å². The highest BCUT2D eigenvalue weighted by Gasteiger charge is 2.08. The minimum Gasteiger partial charge on any atom is -0.493 e. The number of rotatable bonds is 9. The number of benzene rings is 1. The molecule has 0 aliphatic heterocycles. The third-order valence-corrected chi connectivity index (χ3v) is 3.68. The Morgan fingerprint density at radius 1 is 1.05 bits per heavy atom. The van der Waals surface area contributed by atoms with E-state index < -0.39 is 0 Å².